The molecule has 0 bridgehead atoms. The number of pyridine rings is 1. The molecule has 0 aliphatic carbocycles. The van der Waals surface area contributed by atoms with E-state index in [0.29, 0.717) is 11.6 Å². The number of hydrogen-bond acceptors (Lipinski definition) is 3. The average molecular weight is 368 g/mol. The Labute approximate surface area is 122 Å². The summed E-state index contributed by atoms with van der Waals surface area (Å²) in [6.45, 7) is 1.91. The lowest BCUT2D eigenvalue weighted by atomic mass is 10.3. The number of hydrogen-bond donors (Lipinski definition) is 1. The molecule has 6 heteroatoms. The number of rotatable bonds is 1. The Bertz CT molecular complexity index is 782. The highest BCUT2D eigenvalue weighted by atomic mass is 127. The Morgan fingerprint density at radius 2 is 2.00 bits per heavy atom. The summed E-state index contributed by atoms with van der Waals surface area (Å²) in [5.41, 5.74) is 9.02. The summed E-state index contributed by atoms with van der Waals surface area (Å²) in [4.78, 5) is 8.74. The van der Waals surface area contributed by atoms with Gasteiger partial charge >= 0.3 is 0 Å². The van der Waals surface area contributed by atoms with Gasteiger partial charge in [0.25, 0.3) is 0 Å². The molecule has 3 aromatic rings. The molecule has 3 rings (SSSR count). The van der Waals surface area contributed by atoms with Crippen LogP contribution in [0, 0.1) is 16.3 Å². The maximum Gasteiger partial charge on any atom is 0.207 e. The third-order valence-electron chi connectivity index (χ3n) is 2.82. The first kappa shape index (κ1) is 12.3. The minimum absolute atomic E-state index is 0.278. The quantitative estimate of drug-likeness (QED) is 0.672. The fraction of sp³-hybridized carbons (Fsp3) is 0.0769. The van der Waals surface area contributed by atoms with Gasteiger partial charge in [0.2, 0.25) is 5.95 Å². The van der Waals surface area contributed by atoms with Crippen molar-refractivity contribution >= 4 is 39.7 Å². The number of fused-ring (bicyclic) bond motifs is 1. The molecular weight excluding hydrogens is 358 g/mol. The molecule has 2 aromatic heterocycles. The van der Waals surface area contributed by atoms with Crippen molar-refractivity contribution in [3.63, 3.8) is 0 Å². The van der Waals surface area contributed by atoms with Gasteiger partial charge in [-0.3, -0.25) is 4.57 Å². The van der Waals surface area contributed by atoms with Crippen molar-refractivity contribution in [2.75, 3.05) is 5.73 Å². The predicted octanol–water partition coefficient (Wildman–Crippen LogP) is 3.05. The van der Waals surface area contributed by atoms with Crippen molar-refractivity contribution < 1.29 is 4.39 Å². The molecule has 0 atom stereocenters. The van der Waals surface area contributed by atoms with Crippen molar-refractivity contribution in [1.82, 2.24) is 14.5 Å². The van der Waals surface area contributed by atoms with Gasteiger partial charge < -0.3 is 5.73 Å². The van der Waals surface area contributed by atoms with Gasteiger partial charge in [-0.05, 0) is 59.8 Å². The molecule has 19 heavy (non-hydrogen) atoms. The van der Waals surface area contributed by atoms with Crippen molar-refractivity contribution in [2.24, 2.45) is 0 Å². The number of nitrogens with two attached hydrogens (primary N) is 1. The second-order valence-electron chi connectivity index (χ2n) is 4.20. The molecule has 2 N–H and O–H groups in total. The number of nitrogens with zero attached hydrogens (tertiary/aromatic N) is 3. The molecule has 4 nitrogen and oxygen atoms in total. The lowest BCUT2D eigenvalue weighted by Gasteiger charge is -2.08. The highest BCUT2D eigenvalue weighted by molar-refractivity contribution is 14.1. The summed E-state index contributed by atoms with van der Waals surface area (Å²) in [7, 11) is 0. The van der Waals surface area contributed by atoms with Gasteiger partial charge in [-0.2, -0.15) is 0 Å². The number of halogens is 2. The highest BCUT2D eigenvalue weighted by Gasteiger charge is 2.14. The molecule has 96 valence electrons. The first-order valence-corrected chi connectivity index (χ1v) is 6.71. The average Bonchev–Trinajstić information content (AvgIpc) is 2.65. The number of aromatic nitrogens is 3. The molecule has 2 heterocycles. The third kappa shape index (κ3) is 2.05. The summed E-state index contributed by atoms with van der Waals surface area (Å²) in [6, 6.07) is 8.30. The van der Waals surface area contributed by atoms with Crippen LogP contribution in [0.15, 0.2) is 30.3 Å². The van der Waals surface area contributed by atoms with E-state index in [0.717, 1.165) is 20.5 Å². The fourth-order valence-electron chi connectivity index (χ4n) is 1.97. The van der Waals surface area contributed by atoms with Crippen LogP contribution in [0.3, 0.4) is 0 Å². The smallest absolute Gasteiger partial charge is 0.207 e. The van der Waals surface area contributed by atoms with Gasteiger partial charge in [0.15, 0.2) is 5.65 Å². The van der Waals surface area contributed by atoms with Crippen molar-refractivity contribution in [1.29, 1.82) is 0 Å². The number of imidazole rings is 1. The number of aryl methyl sites for hydroxylation is 1. The SMILES string of the molecule is Cc1ccc2nc(N)n(-c3ccc(F)cc3I)c2n1. The molecule has 0 fully saturated rings. The lowest BCUT2D eigenvalue weighted by molar-refractivity contribution is 0.626. The zero-order valence-corrected chi connectivity index (χ0v) is 12.2. The maximum absolute atomic E-state index is 13.2. The van der Waals surface area contributed by atoms with Crippen LogP contribution in [-0.4, -0.2) is 14.5 Å². The van der Waals surface area contributed by atoms with Gasteiger partial charge in [0.05, 0.1) is 5.69 Å². The molecule has 1 aromatic carbocycles. The normalized spacial score (nSPS) is 11.1. The summed E-state index contributed by atoms with van der Waals surface area (Å²) < 4.78 is 15.7. The van der Waals surface area contributed by atoms with Gasteiger partial charge in [-0.1, -0.05) is 0 Å². The third-order valence-corrected chi connectivity index (χ3v) is 3.68. The first-order chi connectivity index (χ1) is 9.06. The Balaban J connectivity index is 2.35. The van der Waals surface area contributed by atoms with Crippen molar-refractivity contribution in [3.05, 3.63) is 45.4 Å². The molecule has 0 aliphatic heterocycles. The molecule has 0 saturated carbocycles. The minimum Gasteiger partial charge on any atom is -0.369 e. The zero-order valence-electron chi connectivity index (χ0n) is 10.1. The molecule has 0 saturated heterocycles. The fourth-order valence-corrected chi connectivity index (χ4v) is 2.69. The standard InChI is InChI=1S/C13H10FIN4/c1-7-2-4-10-12(17-7)19(13(16)18-10)11-5-3-8(14)6-9(11)15/h2-6H,1H3,(H2,16,18). The van der Waals surface area contributed by atoms with Crippen LogP contribution in [0.2, 0.25) is 0 Å². The summed E-state index contributed by atoms with van der Waals surface area (Å²) >= 11 is 2.07. The Kier molecular flexibility index (Phi) is 2.89. The second kappa shape index (κ2) is 4.44. The lowest BCUT2D eigenvalue weighted by Crippen LogP contribution is -2.04. The van der Waals surface area contributed by atoms with E-state index in [9.17, 15) is 4.39 Å². The number of benzene rings is 1. The van der Waals surface area contributed by atoms with E-state index in [4.69, 9.17) is 5.73 Å². The van der Waals surface area contributed by atoms with Crippen LogP contribution in [0.25, 0.3) is 16.9 Å². The highest BCUT2D eigenvalue weighted by Crippen LogP contribution is 2.25. The number of nitrogen functional groups attached to an aromatic ring is 1. The molecular formula is C13H10FIN4. The van der Waals surface area contributed by atoms with Gasteiger partial charge in [0.1, 0.15) is 11.3 Å². The number of anilines is 1. The topological polar surface area (TPSA) is 56.7 Å². The summed E-state index contributed by atoms with van der Waals surface area (Å²) in [6.07, 6.45) is 0. The molecule has 0 amide bonds. The van der Waals surface area contributed by atoms with Crippen LogP contribution >= 0.6 is 22.6 Å². The van der Waals surface area contributed by atoms with Crippen LogP contribution in [-0.2, 0) is 0 Å². The Hall–Kier alpha value is -1.70. The minimum atomic E-state index is -0.278. The summed E-state index contributed by atoms with van der Waals surface area (Å²) in [5.74, 6) is 0.0675. The Morgan fingerprint density at radius 3 is 2.74 bits per heavy atom. The summed E-state index contributed by atoms with van der Waals surface area (Å²) in [5, 5.41) is 0. The molecule has 0 radical (unpaired) electrons. The van der Waals surface area contributed by atoms with Crippen LogP contribution in [0.5, 0.6) is 0 Å². The van der Waals surface area contributed by atoms with E-state index < -0.39 is 0 Å². The van der Waals surface area contributed by atoms with Gasteiger partial charge in [-0.25, -0.2) is 14.4 Å². The van der Waals surface area contributed by atoms with Crippen molar-refractivity contribution in [3.8, 4) is 5.69 Å². The molecule has 0 aliphatic rings. The van der Waals surface area contributed by atoms with E-state index >= 15 is 0 Å². The first-order valence-electron chi connectivity index (χ1n) is 5.63. The largest absolute Gasteiger partial charge is 0.369 e. The van der Waals surface area contributed by atoms with Crippen LogP contribution < -0.4 is 5.73 Å². The maximum atomic E-state index is 13.2. The van der Waals surface area contributed by atoms with Gasteiger partial charge in [-0.15, -0.1) is 0 Å². The van der Waals surface area contributed by atoms with Crippen LogP contribution in [0.4, 0.5) is 10.3 Å². The molecule has 0 unspecified atom stereocenters. The van der Waals surface area contributed by atoms with E-state index in [1.54, 1.807) is 10.6 Å². The van der Waals surface area contributed by atoms with Crippen molar-refractivity contribution in [2.45, 2.75) is 6.92 Å². The molecule has 0 spiro atoms. The van der Waals surface area contributed by atoms with E-state index in [2.05, 4.69) is 32.6 Å². The second-order valence-corrected chi connectivity index (χ2v) is 5.36. The predicted molar refractivity (Wildman–Crippen MR) is 80.7 cm³/mol. The van der Waals surface area contributed by atoms with Gasteiger partial charge in [0, 0.05) is 9.26 Å². The van der Waals surface area contributed by atoms with Crippen LogP contribution in [0.1, 0.15) is 5.69 Å². The monoisotopic (exact) mass is 368 g/mol. The van der Waals surface area contributed by atoms with E-state index in [1.807, 2.05) is 19.1 Å². The Morgan fingerprint density at radius 1 is 1.21 bits per heavy atom. The van der Waals surface area contributed by atoms with E-state index in [-0.39, 0.29) is 5.82 Å². The van der Waals surface area contributed by atoms with E-state index in [1.165, 1.54) is 12.1 Å². The zero-order chi connectivity index (χ0) is 13.6.